The Morgan fingerprint density at radius 3 is 2.40 bits per heavy atom. The van der Waals surface area contributed by atoms with E-state index in [-0.39, 0.29) is 11.7 Å². The first-order valence-electron chi connectivity index (χ1n) is 5.36. The Morgan fingerprint density at radius 2 is 2.07 bits per heavy atom. The Kier molecular flexibility index (Phi) is 3.28. The average Bonchev–Trinajstić information content (AvgIpc) is 2.82. The summed E-state index contributed by atoms with van der Waals surface area (Å²) in [6.07, 6.45) is 0.644. The summed E-state index contributed by atoms with van der Waals surface area (Å²) in [4.78, 5) is 13.2. The second kappa shape index (κ2) is 4.00. The topological polar surface area (TPSA) is 42.1 Å². The fraction of sp³-hybridized carbons (Fsp3) is 0.909. The van der Waals surface area contributed by atoms with Crippen LogP contribution in [0.2, 0.25) is 0 Å². The van der Waals surface area contributed by atoms with E-state index in [1.807, 2.05) is 20.8 Å². The molecule has 0 aliphatic carbocycles. The van der Waals surface area contributed by atoms with Crippen molar-refractivity contribution in [3.63, 3.8) is 0 Å². The predicted octanol–water partition coefficient (Wildman–Crippen LogP) is 2.03. The Bertz CT molecular complexity index is 241. The zero-order valence-corrected chi connectivity index (χ0v) is 10.3. The summed E-state index contributed by atoms with van der Waals surface area (Å²) in [6.45, 7) is 9.01. The van der Waals surface area contributed by atoms with E-state index in [9.17, 15) is 4.79 Å². The highest BCUT2D eigenvalue weighted by atomic mass is 16.6. The quantitative estimate of drug-likeness (QED) is 0.676. The summed E-state index contributed by atoms with van der Waals surface area (Å²) in [5.74, 6) is 0. The number of carbonyl (C=O) groups is 1. The van der Waals surface area contributed by atoms with Gasteiger partial charge in [0.2, 0.25) is 0 Å². The van der Waals surface area contributed by atoms with Crippen molar-refractivity contribution >= 4 is 6.09 Å². The number of hydrogen-bond donors (Lipinski definition) is 0. The molecule has 1 rings (SSSR count). The predicted molar refractivity (Wildman–Crippen MR) is 57.8 cm³/mol. The van der Waals surface area contributed by atoms with Gasteiger partial charge in [-0.1, -0.05) is 6.92 Å². The minimum Gasteiger partial charge on any atom is -0.444 e. The molecule has 0 aromatic heterocycles. The van der Waals surface area contributed by atoms with Gasteiger partial charge in [0.05, 0.1) is 13.2 Å². The number of carbonyl (C=O) groups excluding carboxylic acids is 1. The highest BCUT2D eigenvalue weighted by Crippen LogP contribution is 2.31. The van der Waals surface area contributed by atoms with Crippen LogP contribution in [0.3, 0.4) is 0 Å². The van der Waals surface area contributed by atoms with E-state index in [2.05, 4.69) is 6.92 Å². The first-order valence-corrected chi connectivity index (χ1v) is 5.36. The van der Waals surface area contributed by atoms with Crippen LogP contribution in [-0.2, 0) is 9.47 Å². The van der Waals surface area contributed by atoms with Crippen molar-refractivity contribution < 1.29 is 14.3 Å². The van der Waals surface area contributed by atoms with Gasteiger partial charge in [-0.25, -0.2) is 4.79 Å². The summed E-state index contributed by atoms with van der Waals surface area (Å²) in [5, 5.41) is 0. The summed E-state index contributed by atoms with van der Waals surface area (Å²) < 4.78 is 10.6. The Labute approximate surface area is 91.5 Å². The fourth-order valence-corrected chi connectivity index (χ4v) is 1.35. The number of epoxide rings is 1. The van der Waals surface area contributed by atoms with E-state index in [4.69, 9.17) is 9.47 Å². The van der Waals surface area contributed by atoms with Gasteiger partial charge in [-0.2, -0.15) is 0 Å². The van der Waals surface area contributed by atoms with Crippen molar-refractivity contribution in [1.29, 1.82) is 0 Å². The number of ether oxygens (including phenoxy) is 2. The van der Waals surface area contributed by atoms with E-state index in [0.717, 1.165) is 13.0 Å². The van der Waals surface area contributed by atoms with Crippen LogP contribution < -0.4 is 0 Å². The summed E-state index contributed by atoms with van der Waals surface area (Å²) in [5.41, 5.74) is -0.541. The van der Waals surface area contributed by atoms with E-state index in [0.29, 0.717) is 6.54 Å². The van der Waals surface area contributed by atoms with Crippen molar-refractivity contribution in [1.82, 2.24) is 4.90 Å². The van der Waals surface area contributed by atoms with Crippen LogP contribution >= 0.6 is 0 Å². The third-order valence-corrected chi connectivity index (χ3v) is 2.43. The summed E-state index contributed by atoms with van der Waals surface area (Å²) in [7, 11) is 1.74. The molecule has 0 aromatic carbocycles. The molecular formula is C11H21NO3. The molecule has 0 aromatic rings. The smallest absolute Gasteiger partial charge is 0.410 e. The zero-order valence-electron chi connectivity index (χ0n) is 10.3. The van der Waals surface area contributed by atoms with Gasteiger partial charge in [0.25, 0.3) is 0 Å². The van der Waals surface area contributed by atoms with Crippen molar-refractivity contribution in [2.24, 2.45) is 0 Å². The lowest BCUT2D eigenvalue weighted by molar-refractivity contribution is 0.0255. The van der Waals surface area contributed by atoms with Crippen molar-refractivity contribution in [3.8, 4) is 0 Å². The molecule has 1 heterocycles. The van der Waals surface area contributed by atoms with E-state index in [1.165, 1.54) is 0 Å². The molecule has 0 bridgehead atoms. The molecule has 15 heavy (non-hydrogen) atoms. The molecule has 0 spiro atoms. The third-order valence-electron chi connectivity index (χ3n) is 2.43. The van der Waals surface area contributed by atoms with Crippen molar-refractivity contribution in [2.45, 2.75) is 45.3 Å². The first kappa shape index (κ1) is 12.3. The highest BCUT2D eigenvalue weighted by Gasteiger charge is 2.44. The van der Waals surface area contributed by atoms with Gasteiger partial charge < -0.3 is 14.4 Å². The van der Waals surface area contributed by atoms with Crippen LogP contribution in [0, 0.1) is 0 Å². The maximum absolute atomic E-state index is 11.6. The molecule has 1 saturated heterocycles. The lowest BCUT2D eigenvalue weighted by atomic mass is 10.1. The normalized spacial score (nSPS) is 24.9. The SMILES string of the molecule is CCC1(CN(C)C(=O)OC(C)(C)C)CO1. The van der Waals surface area contributed by atoms with Gasteiger partial charge in [-0.05, 0) is 27.2 Å². The number of likely N-dealkylation sites (N-methyl/N-ethyl adjacent to an activating group) is 1. The minimum absolute atomic E-state index is 0.106. The number of amides is 1. The molecule has 88 valence electrons. The first-order chi connectivity index (χ1) is 6.78. The third kappa shape index (κ3) is 3.70. The maximum Gasteiger partial charge on any atom is 0.410 e. The van der Waals surface area contributed by atoms with Crippen LogP contribution in [0.15, 0.2) is 0 Å². The number of rotatable bonds is 3. The van der Waals surface area contributed by atoms with Gasteiger partial charge in [0, 0.05) is 7.05 Å². The Hall–Kier alpha value is -0.770. The van der Waals surface area contributed by atoms with Gasteiger partial charge in [0.15, 0.2) is 0 Å². The molecule has 1 amide bonds. The van der Waals surface area contributed by atoms with Gasteiger partial charge >= 0.3 is 6.09 Å². The number of hydrogen-bond acceptors (Lipinski definition) is 3. The number of nitrogens with zero attached hydrogens (tertiary/aromatic N) is 1. The zero-order chi connectivity index (χ0) is 11.7. The molecule has 0 radical (unpaired) electrons. The van der Waals surface area contributed by atoms with Crippen LogP contribution in [-0.4, -0.2) is 42.4 Å². The average molecular weight is 215 g/mol. The molecule has 1 unspecified atom stereocenters. The van der Waals surface area contributed by atoms with Gasteiger partial charge in [-0.3, -0.25) is 0 Å². The van der Waals surface area contributed by atoms with Crippen LogP contribution in [0.5, 0.6) is 0 Å². The molecule has 1 aliphatic rings. The Balaban J connectivity index is 2.40. The van der Waals surface area contributed by atoms with Crippen molar-refractivity contribution in [3.05, 3.63) is 0 Å². The van der Waals surface area contributed by atoms with Crippen LogP contribution in [0.4, 0.5) is 4.79 Å². The second-order valence-electron chi connectivity index (χ2n) is 5.16. The van der Waals surface area contributed by atoms with Crippen LogP contribution in [0.25, 0.3) is 0 Å². The molecule has 4 nitrogen and oxygen atoms in total. The molecule has 1 atom stereocenters. The Morgan fingerprint density at radius 1 is 1.53 bits per heavy atom. The van der Waals surface area contributed by atoms with Gasteiger partial charge in [0.1, 0.15) is 11.2 Å². The molecule has 1 fully saturated rings. The van der Waals surface area contributed by atoms with Crippen LogP contribution in [0.1, 0.15) is 34.1 Å². The van der Waals surface area contributed by atoms with Crippen molar-refractivity contribution in [2.75, 3.05) is 20.2 Å². The minimum atomic E-state index is -0.435. The molecule has 4 heteroatoms. The van der Waals surface area contributed by atoms with E-state index >= 15 is 0 Å². The standard InChI is InChI=1S/C11H21NO3/c1-6-11(8-14-11)7-12(5)9(13)15-10(2,3)4/h6-8H2,1-5H3. The molecule has 0 saturated carbocycles. The molecule has 0 N–H and O–H groups in total. The fourth-order valence-electron chi connectivity index (χ4n) is 1.35. The maximum atomic E-state index is 11.6. The van der Waals surface area contributed by atoms with E-state index in [1.54, 1.807) is 11.9 Å². The summed E-state index contributed by atoms with van der Waals surface area (Å²) >= 11 is 0. The van der Waals surface area contributed by atoms with E-state index < -0.39 is 5.60 Å². The molecule has 1 aliphatic heterocycles. The monoisotopic (exact) mass is 215 g/mol. The highest BCUT2D eigenvalue weighted by molar-refractivity contribution is 5.67. The largest absolute Gasteiger partial charge is 0.444 e. The molecular weight excluding hydrogens is 194 g/mol. The summed E-state index contributed by atoms with van der Waals surface area (Å²) in [6, 6.07) is 0. The van der Waals surface area contributed by atoms with Gasteiger partial charge in [-0.15, -0.1) is 0 Å². The lowest BCUT2D eigenvalue weighted by Gasteiger charge is -2.26. The second-order valence-corrected chi connectivity index (χ2v) is 5.16. The lowest BCUT2D eigenvalue weighted by Crippen LogP contribution is -2.39.